The summed E-state index contributed by atoms with van der Waals surface area (Å²) in [5.41, 5.74) is 2.51. The van der Waals surface area contributed by atoms with Crippen LogP contribution in [0.4, 0.5) is 17.1 Å². The molecule has 0 aliphatic carbocycles. The van der Waals surface area contributed by atoms with Gasteiger partial charge in [0, 0.05) is 22.0 Å². The van der Waals surface area contributed by atoms with Crippen LogP contribution in [-0.4, -0.2) is 30.3 Å². The third kappa shape index (κ3) is 5.72. The van der Waals surface area contributed by atoms with Crippen LogP contribution in [0.25, 0.3) is 0 Å². The molecule has 8 nitrogen and oxygen atoms in total. The molecule has 3 amide bonds. The van der Waals surface area contributed by atoms with E-state index in [0.717, 1.165) is 16.9 Å². The zero-order valence-corrected chi connectivity index (χ0v) is 22.0. The van der Waals surface area contributed by atoms with Crippen LogP contribution in [0, 0.1) is 6.92 Å². The summed E-state index contributed by atoms with van der Waals surface area (Å²) in [6.07, 6.45) is 0.724. The van der Waals surface area contributed by atoms with Crippen LogP contribution in [0.15, 0.2) is 77.5 Å². The SMILES string of the molecule is CCCOC(=O)c1ccc(NC(=O)c2cccc(NC3=C(Cl)C(=O)N(c4ccc(C)c(Cl)c4)C3=O)c2)cc1. The summed E-state index contributed by atoms with van der Waals surface area (Å²) >= 11 is 12.4. The zero-order valence-electron chi connectivity index (χ0n) is 20.5. The summed E-state index contributed by atoms with van der Waals surface area (Å²) in [4.78, 5) is 51.5. The molecule has 2 N–H and O–H groups in total. The van der Waals surface area contributed by atoms with Crippen LogP contribution in [0.2, 0.25) is 5.02 Å². The summed E-state index contributed by atoms with van der Waals surface area (Å²) < 4.78 is 5.10. The minimum absolute atomic E-state index is 0.114. The van der Waals surface area contributed by atoms with Crippen molar-refractivity contribution in [2.75, 3.05) is 22.1 Å². The Morgan fingerprint density at radius 2 is 1.63 bits per heavy atom. The topological polar surface area (TPSA) is 105 Å². The van der Waals surface area contributed by atoms with Gasteiger partial charge in [0.15, 0.2) is 0 Å². The van der Waals surface area contributed by atoms with E-state index >= 15 is 0 Å². The van der Waals surface area contributed by atoms with Crippen molar-refractivity contribution in [2.45, 2.75) is 20.3 Å². The highest BCUT2D eigenvalue weighted by Gasteiger charge is 2.39. The fourth-order valence-corrected chi connectivity index (χ4v) is 4.01. The molecule has 0 radical (unpaired) electrons. The lowest BCUT2D eigenvalue weighted by molar-refractivity contribution is -0.120. The summed E-state index contributed by atoms with van der Waals surface area (Å²) in [5, 5.41) is 5.75. The van der Waals surface area contributed by atoms with Crippen LogP contribution >= 0.6 is 23.2 Å². The molecule has 1 aliphatic rings. The molecule has 38 heavy (non-hydrogen) atoms. The van der Waals surface area contributed by atoms with Crippen molar-refractivity contribution < 1.29 is 23.9 Å². The van der Waals surface area contributed by atoms with Crippen LogP contribution < -0.4 is 15.5 Å². The van der Waals surface area contributed by atoms with Crippen molar-refractivity contribution >= 4 is 64.0 Å². The van der Waals surface area contributed by atoms with Gasteiger partial charge in [0.25, 0.3) is 17.7 Å². The number of esters is 1. The first-order valence-electron chi connectivity index (χ1n) is 11.7. The molecule has 4 rings (SSSR count). The van der Waals surface area contributed by atoms with E-state index in [9.17, 15) is 19.2 Å². The molecule has 0 fully saturated rings. The maximum atomic E-state index is 13.1. The molecule has 1 heterocycles. The standard InChI is InChI=1S/C28H23Cl2N3O5/c1-3-13-38-28(37)17-8-10-19(11-9-17)32-25(34)18-5-4-6-20(14-18)31-24-23(30)26(35)33(27(24)36)21-12-7-16(2)22(29)15-21/h4-12,14-15,31H,3,13H2,1-2H3,(H,32,34). The third-order valence-electron chi connectivity index (χ3n) is 5.65. The van der Waals surface area contributed by atoms with E-state index in [4.69, 9.17) is 27.9 Å². The molecular formula is C28H23Cl2N3O5. The van der Waals surface area contributed by atoms with E-state index in [1.54, 1.807) is 61.5 Å². The Balaban J connectivity index is 1.46. The number of nitrogens with one attached hydrogen (secondary N) is 2. The Morgan fingerprint density at radius 1 is 0.895 bits per heavy atom. The Morgan fingerprint density at radius 3 is 2.32 bits per heavy atom. The van der Waals surface area contributed by atoms with E-state index in [0.29, 0.717) is 34.3 Å². The number of hydrogen-bond donors (Lipinski definition) is 2. The summed E-state index contributed by atoms with van der Waals surface area (Å²) in [6.45, 7) is 4.05. The van der Waals surface area contributed by atoms with Crippen LogP contribution in [0.1, 0.15) is 39.6 Å². The Hall–Kier alpha value is -4.14. The van der Waals surface area contributed by atoms with Crippen molar-refractivity contribution in [3.8, 4) is 0 Å². The fourth-order valence-electron chi connectivity index (χ4n) is 3.62. The number of aryl methyl sites for hydroxylation is 1. The van der Waals surface area contributed by atoms with Crippen molar-refractivity contribution in [3.05, 3.63) is 99.2 Å². The first kappa shape index (κ1) is 26.9. The predicted octanol–water partition coefficient (Wildman–Crippen LogP) is 5.90. The molecule has 0 bridgehead atoms. The first-order chi connectivity index (χ1) is 18.2. The second-order valence-electron chi connectivity index (χ2n) is 8.44. The lowest BCUT2D eigenvalue weighted by Crippen LogP contribution is -2.32. The molecule has 1 aliphatic heterocycles. The van der Waals surface area contributed by atoms with Gasteiger partial charge in [-0.3, -0.25) is 14.4 Å². The number of halogens is 2. The number of imide groups is 1. The second-order valence-corrected chi connectivity index (χ2v) is 9.23. The van der Waals surface area contributed by atoms with Crippen LogP contribution in [0.5, 0.6) is 0 Å². The van der Waals surface area contributed by atoms with E-state index in [1.165, 1.54) is 12.1 Å². The minimum Gasteiger partial charge on any atom is -0.462 e. The predicted molar refractivity (Wildman–Crippen MR) is 147 cm³/mol. The molecule has 194 valence electrons. The van der Waals surface area contributed by atoms with Gasteiger partial charge >= 0.3 is 5.97 Å². The Kier molecular flexibility index (Phi) is 8.14. The number of hydrogen-bond acceptors (Lipinski definition) is 6. The van der Waals surface area contributed by atoms with Crippen molar-refractivity contribution in [1.82, 2.24) is 0 Å². The Labute approximate surface area is 229 Å². The highest BCUT2D eigenvalue weighted by Crippen LogP contribution is 2.32. The van der Waals surface area contributed by atoms with Gasteiger partial charge in [-0.1, -0.05) is 42.3 Å². The molecule has 0 spiro atoms. The molecule has 0 atom stereocenters. The number of carbonyl (C=O) groups excluding carboxylic acids is 4. The summed E-state index contributed by atoms with van der Waals surface area (Å²) in [6, 6.07) is 17.5. The number of carbonyl (C=O) groups is 4. The lowest BCUT2D eigenvalue weighted by atomic mass is 10.1. The number of benzene rings is 3. The molecule has 0 saturated heterocycles. The molecule has 0 aromatic heterocycles. The molecule has 0 unspecified atom stereocenters. The van der Waals surface area contributed by atoms with E-state index in [2.05, 4.69) is 10.6 Å². The Bertz CT molecular complexity index is 1470. The molecule has 3 aromatic carbocycles. The largest absolute Gasteiger partial charge is 0.462 e. The normalized spacial score (nSPS) is 13.1. The average Bonchev–Trinajstić information content (AvgIpc) is 3.12. The van der Waals surface area contributed by atoms with Gasteiger partial charge in [-0.2, -0.15) is 0 Å². The van der Waals surface area contributed by atoms with Gasteiger partial charge in [0.05, 0.1) is 17.9 Å². The third-order valence-corrected chi connectivity index (χ3v) is 6.41. The van der Waals surface area contributed by atoms with Gasteiger partial charge in [-0.05, 0) is 73.5 Å². The molecule has 0 saturated carbocycles. The van der Waals surface area contributed by atoms with Crippen LogP contribution in [-0.2, 0) is 14.3 Å². The van der Waals surface area contributed by atoms with Crippen molar-refractivity contribution in [2.24, 2.45) is 0 Å². The van der Waals surface area contributed by atoms with Gasteiger partial charge in [0.2, 0.25) is 0 Å². The zero-order chi connectivity index (χ0) is 27.4. The number of anilines is 3. The molecular weight excluding hydrogens is 529 g/mol. The number of nitrogens with zero attached hydrogens (tertiary/aromatic N) is 1. The van der Waals surface area contributed by atoms with Gasteiger partial charge in [-0.15, -0.1) is 0 Å². The summed E-state index contributed by atoms with van der Waals surface area (Å²) in [5.74, 6) is -2.18. The molecule has 3 aromatic rings. The minimum atomic E-state index is -0.685. The monoisotopic (exact) mass is 551 g/mol. The highest BCUT2D eigenvalue weighted by molar-refractivity contribution is 6.53. The quantitative estimate of drug-likeness (QED) is 0.266. The van der Waals surface area contributed by atoms with Crippen LogP contribution in [0.3, 0.4) is 0 Å². The number of rotatable bonds is 8. The second kappa shape index (κ2) is 11.5. The highest BCUT2D eigenvalue weighted by atomic mass is 35.5. The number of ether oxygens (including phenoxy) is 1. The van der Waals surface area contributed by atoms with Gasteiger partial charge < -0.3 is 15.4 Å². The summed E-state index contributed by atoms with van der Waals surface area (Å²) in [7, 11) is 0. The maximum absolute atomic E-state index is 13.1. The van der Waals surface area contributed by atoms with Crippen molar-refractivity contribution in [1.29, 1.82) is 0 Å². The van der Waals surface area contributed by atoms with Gasteiger partial charge in [-0.25, -0.2) is 9.69 Å². The molecule has 10 heteroatoms. The average molecular weight is 552 g/mol. The van der Waals surface area contributed by atoms with Gasteiger partial charge in [0.1, 0.15) is 10.7 Å². The lowest BCUT2D eigenvalue weighted by Gasteiger charge is -2.16. The smallest absolute Gasteiger partial charge is 0.338 e. The van der Waals surface area contributed by atoms with E-state index in [1.807, 2.05) is 6.92 Å². The number of amides is 3. The van der Waals surface area contributed by atoms with E-state index in [-0.39, 0.29) is 16.3 Å². The fraction of sp³-hybridized carbons (Fsp3) is 0.143. The van der Waals surface area contributed by atoms with Crippen molar-refractivity contribution in [3.63, 3.8) is 0 Å². The first-order valence-corrected chi connectivity index (χ1v) is 12.5. The van der Waals surface area contributed by atoms with E-state index < -0.39 is 23.7 Å². The maximum Gasteiger partial charge on any atom is 0.338 e.